The molecule has 0 aromatic rings. The third-order valence-electron chi connectivity index (χ3n) is 5.77. The van der Waals surface area contributed by atoms with Gasteiger partial charge in [0.1, 0.15) is 0 Å². The second-order valence-electron chi connectivity index (χ2n) is 8.45. The Hall–Kier alpha value is -0.380. The fourth-order valence-corrected chi connectivity index (χ4v) is 4.66. The molecule has 0 saturated carbocycles. The molecule has 1 N–H and O–H groups in total. The highest BCUT2D eigenvalue weighted by Crippen LogP contribution is 2.42. The largest absolute Gasteiger partial charge is 0.317 e. The summed E-state index contributed by atoms with van der Waals surface area (Å²) >= 11 is 0. The van der Waals surface area contributed by atoms with Gasteiger partial charge in [-0.15, -0.1) is 0 Å². The Morgan fingerprint density at radius 3 is 2.57 bits per heavy atom. The van der Waals surface area contributed by atoms with Crippen molar-refractivity contribution in [3.63, 3.8) is 0 Å². The van der Waals surface area contributed by atoms with E-state index in [0.29, 0.717) is 17.6 Å². The number of hydrogen-bond acceptors (Lipinski definition) is 3. The Labute approximate surface area is 130 Å². The lowest BCUT2D eigenvalue weighted by molar-refractivity contribution is 0.0145. The molecule has 0 radical (unpaired) electrons. The summed E-state index contributed by atoms with van der Waals surface area (Å²) in [4.78, 5) is 5.43. The van der Waals surface area contributed by atoms with Crippen LogP contribution in [0.4, 0.5) is 0 Å². The van der Waals surface area contributed by atoms with Crippen molar-refractivity contribution in [2.45, 2.75) is 52.2 Å². The maximum absolute atomic E-state index is 3.51. The van der Waals surface area contributed by atoms with Crippen molar-refractivity contribution in [1.29, 1.82) is 0 Å². The number of hydrogen-bond donors (Lipinski definition) is 1. The molecule has 21 heavy (non-hydrogen) atoms. The van der Waals surface area contributed by atoms with Crippen LogP contribution in [0.5, 0.6) is 0 Å². The minimum absolute atomic E-state index is 0.374. The predicted molar refractivity (Wildman–Crippen MR) is 89.2 cm³/mol. The van der Waals surface area contributed by atoms with E-state index in [9.17, 15) is 0 Å². The fraction of sp³-hybridized carbons (Fsp3) is 0.889. The molecule has 2 fully saturated rings. The number of piperidine rings is 1. The standard InChI is InChI=1S/C18H33N3/c1-18(2,3)16-12-15-6-5-11-20(4)17(15)21(16)13-14-7-9-19-10-8-14/h5-6,14-17,19H,7-13H2,1-4H3. The van der Waals surface area contributed by atoms with E-state index in [4.69, 9.17) is 0 Å². The van der Waals surface area contributed by atoms with Gasteiger partial charge < -0.3 is 5.32 Å². The molecule has 120 valence electrons. The zero-order valence-corrected chi connectivity index (χ0v) is 14.3. The van der Waals surface area contributed by atoms with Crippen LogP contribution >= 0.6 is 0 Å². The third kappa shape index (κ3) is 3.20. The van der Waals surface area contributed by atoms with Crippen molar-refractivity contribution >= 4 is 0 Å². The number of fused-ring (bicyclic) bond motifs is 1. The van der Waals surface area contributed by atoms with E-state index in [1.165, 1.54) is 38.9 Å². The normalized spacial score (nSPS) is 36.1. The molecule has 0 aromatic heterocycles. The molecular weight excluding hydrogens is 258 g/mol. The topological polar surface area (TPSA) is 18.5 Å². The van der Waals surface area contributed by atoms with Crippen LogP contribution in [0.3, 0.4) is 0 Å². The van der Waals surface area contributed by atoms with Gasteiger partial charge in [-0.2, -0.15) is 0 Å². The SMILES string of the molecule is CN1CC=CC2CC(C(C)(C)C)N(CC3CCNCC3)C21. The molecule has 3 atom stereocenters. The monoisotopic (exact) mass is 291 g/mol. The first-order valence-corrected chi connectivity index (χ1v) is 8.80. The van der Waals surface area contributed by atoms with E-state index in [-0.39, 0.29) is 0 Å². The summed E-state index contributed by atoms with van der Waals surface area (Å²) in [7, 11) is 2.31. The van der Waals surface area contributed by atoms with Gasteiger partial charge >= 0.3 is 0 Å². The minimum atomic E-state index is 0.374. The van der Waals surface area contributed by atoms with Crippen LogP contribution in [0.15, 0.2) is 12.2 Å². The zero-order valence-electron chi connectivity index (χ0n) is 14.3. The summed E-state index contributed by atoms with van der Waals surface area (Å²) in [6.07, 6.45) is 9.53. The Kier molecular flexibility index (Phi) is 4.45. The summed E-state index contributed by atoms with van der Waals surface area (Å²) in [6, 6.07) is 0.715. The highest BCUT2D eigenvalue weighted by Gasteiger charge is 2.47. The van der Waals surface area contributed by atoms with E-state index >= 15 is 0 Å². The van der Waals surface area contributed by atoms with Crippen LogP contribution in [0.2, 0.25) is 0 Å². The van der Waals surface area contributed by atoms with Gasteiger partial charge in [0, 0.05) is 25.0 Å². The van der Waals surface area contributed by atoms with Gasteiger partial charge in [-0.05, 0) is 50.7 Å². The van der Waals surface area contributed by atoms with Crippen LogP contribution in [0.1, 0.15) is 40.0 Å². The van der Waals surface area contributed by atoms with Gasteiger partial charge in [-0.3, -0.25) is 9.80 Å². The molecule has 3 heterocycles. The minimum Gasteiger partial charge on any atom is -0.317 e. The second kappa shape index (κ2) is 6.02. The molecule has 0 bridgehead atoms. The predicted octanol–water partition coefficient (Wildman–Crippen LogP) is 2.55. The fourth-order valence-electron chi connectivity index (χ4n) is 4.66. The average Bonchev–Trinajstić information content (AvgIpc) is 2.80. The van der Waals surface area contributed by atoms with Crippen LogP contribution < -0.4 is 5.32 Å². The molecule has 3 nitrogen and oxygen atoms in total. The van der Waals surface area contributed by atoms with Crippen molar-refractivity contribution in [3.05, 3.63) is 12.2 Å². The highest BCUT2D eigenvalue weighted by molar-refractivity contribution is 5.09. The summed E-state index contributed by atoms with van der Waals surface area (Å²) < 4.78 is 0. The number of rotatable bonds is 2. The second-order valence-corrected chi connectivity index (χ2v) is 8.45. The molecule has 3 rings (SSSR count). The first-order valence-electron chi connectivity index (χ1n) is 8.80. The van der Waals surface area contributed by atoms with Crippen LogP contribution in [-0.4, -0.2) is 55.2 Å². The summed E-state index contributed by atoms with van der Waals surface area (Å²) in [5.74, 6) is 1.61. The maximum Gasteiger partial charge on any atom is 0.0690 e. The van der Waals surface area contributed by atoms with Crippen molar-refractivity contribution in [2.75, 3.05) is 33.2 Å². The summed E-state index contributed by atoms with van der Waals surface area (Å²) in [6.45, 7) is 12.1. The third-order valence-corrected chi connectivity index (χ3v) is 5.77. The van der Waals surface area contributed by atoms with Gasteiger partial charge in [0.2, 0.25) is 0 Å². The molecule has 0 aliphatic carbocycles. The van der Waals surface area contributed by atoms with Crippen LogP contribution in [0, 0.1) is 17.3 Å². The van der Waals surface area contributed by atoms with Crippen molar-refractivity contribution in [1.82, 2.24) is 15.1 Å². The first kappa shape index (κ1) is 15.5. The molecule has 3 heteroatoms. The van der Waals surface area contributed by atoms with Gasteiger partial charge in [-0.1, -0.05) is 32.9 Å². The lowest BCUT2D eigenvalue weighted by atomic mass is 9.83. The number of likely N-dealkylation sites (tertiary alicyclic amines) is 1. The lowest BCUT2D eigenvalue weighted by Crippen LogP contribution is -2.53. The van der Waals surface area contributed by atoms with E-state index in [2.05, 4.69) is 55.1 Å². The zero-order chi connectivity index (χ0) is 15.0. The maximum atomic E-state index is 3.51. The quantitative estimate of drug-likeness (QED) is 0.789. The van der Waals surface area contributed by atoms with E-state index < -0.39 is 0 Å². The smallest absolute Gasteiger partial charge is 0.0690 e. The highest BCUT2D eigenvalue weighted by atomic mass is 15.4. The van der Waals surface area contributed by atoms with Gasteiger partial charge in [0.25, 0.3) is 0 Å². The molecule has 0 amide bonds. The van der Waals surface area contributed by atoms with Crippen molar-refractivity contribution < 1.29 is 0 Å². The van der Waals surface area contributed by atoms with Crippen LogP contribution in [0.25, 0.3) is 0 Å². The molecular formula is C18H33N3. The summed E-state index contributed by atoms with van der Waals surface area (Å²) in [5, 5.41) is 3.51. The summed E-state index contributed by atoms with van der Waals surface area (Å²) in [5.41, 5.74) is 0.374. The number of nitrogens with zero attached hydrogens (tertiary/aromatic N) is 2. The van der Waals surface area contributed by atoms with E-state index in [1.54, 1.807) is 0 Å². The van der Waals surface area contributed by atoms with Crippen molar-refractivity contribution in [3.8, 4) is 0 Å². The Morgan fingerprint density at radius 2 is 1.90 bits per heavy atom. The molecule has 2 saturated heterocycles. The van der Waals surface area contributed by atoms with E-state index in [0.717, 1.165) is 18.4 Å². The van der Waals surface area contributed by atoms with Crippen LogP contribution in [-0.2, 0) is 0 Å². The molecule has 0 spiro atoms. The lowest BCUT2D eigenvalue weighted by Gasteiger charge is -2.43. The Morgan fingerprint density at radius 1 is 1.19 bits per heavy atom. The van der Waals surface area contributed by atoms with Gasteiger partial charge in [0.15, 0.2) is 0 Å². The average molecular weight is 291 g/mol. The molecule has 3 unspecified atom stereocenters. The number of nitrogens with one attached hydrogen (secondary N) is 1. The van der Waals surface area contributed by atoms with Gasteiger partial charge in [0.05, 0.1) is 6.17 Å². The van der Waals surface area contributed by atoms with Gasteiger partial charge in [-0.25, -0.2) is 0 Å². The molecule has 0 aromatic carbocycles. The molecule has 3 aliphatic rings. The Bertz CT molecular complexity index is 378. The first-order chi connectivity index (χ1) is 9.97. The van der Waals surface area contributed by atoms with Crippen molar-refractivity contribution in [2.24, 2.45) is 17.3 Å². The van der Waals surface area contributed by atoms with E-state index in [1.807, 2.05) is 0 Å². The number of likely N-dealkylation sites (N-methyl/N-ethyl adjacent to an activating group) is 1. The Balaban J connectivity index is 1.79. The molecule has 3 aliphatic heterocycles.